The van der Waals surface area contributed by atoms with Crippen LogP contribution < -0.4 is 15.4 Å². The van der Waals surface area contributed by atoms with E-state index in [2.05, 4.69) is 20.6 Å². The summed E-state index contributed by atoms with van der Waals surface area (Å²) in [5.74, 6) is 1.07. The fraction of sp³-hybridized carbons (Fsp3) is 0.190. The van der Waals surface area contributed by atoms with Gasteiger partial charge in [-0.2, -0.15) is 0 Å². The number of aromatic nitrogens is 2. The zero-order valence-electron chi connectivity index (χ0n) is 15.5. The normalized spacial score (nSPS) is 10.4. The van der Waals surface area contributed by atoms with Crippen molar-refractivity contribution in [1.29, 1.82) is 0 Å². The summed E-state index contributed by atoms with van der Waals surface area (Å²) >= 11 is 5.96. The maximum absolute atomic E-state index is 12.2. The van der Waals surface area contributed by atoms with Gasteiger partial charge in [0.15, 0.2) is 0 Å². The van der Waals surface area contributed by atoms with Gasteiger partial charge in [0, 0.05) is 30.5 Å². The summed E-state index contributed by atoms with van der Waals surface area (Å²) in [5.41, 5.74) is 2.57. The second-order valence-corrected chi connectivity index (χ2v) is 6.57. The van der Waals surface area contributed by atoms with Crippen LogP contribution in [0.25, 0.3) is 0 Å². The van der Waals surface area contributed by atoms with E-state index in [0.29, 0.717) is 36.0 Å². The molecule has 0 aliphatic rings. The molecule has 2 N–H and O–H groups in total. The van der Waals surface area contributed by atoms with E-state index in [-0.39, 0.29) is 5.91 Å². The summed E-state index contributed by atoms with van der Waals surface area (Å²) in [6, 6.07) is 15.3. The molecule has 0 saturated heterocycles. The van der Waals surface area contributed by atoms with Crippen LogP contribution in [0.2, 0.25) is 5.02 Å². The van der Waals surface area contributed by atoms with Crippen molar-refractivity contribution < 1.29 is 9.53 Å². The smallest absolute Gasteiger partial charge is 0.254 e. The van der Waals surface area contributed by atoms with Crippen LogP contribution in [0.5, 0.6) is 5.75 Å². The predicted molar refractivity (Wildman–Crippen MR) is 110 cm³/mol. The van der Waals surface area contributed by atoms with Gasteiger partial charge in [-0.05, 0) is 41.8 Å². The molecule has 0 aliphatic carbocycles. The first-order valence-electron chi connectivity index (χ1n) is 8.85. The molecule has 0 unspecified atom stereocenters. The Morgan fingerprint density at radius 3 is 2.50 bits per heavy atom. The van der Waals surface area contributed by atoms with Gasteiger partial charge in [-0.15, -0.1) is 0 Å². The van der Waals surface area contributed by atoms with Gasteiger partial charge in [-0.25, -0.2) is 9.97 Å². The Balaban J connectivity index is 1.46. The van der Waals surface area contributed by atoms with Crippen molar-refractivity contribution in [3.8, 4) is 5.75 Å². The number of methoxy groups -OCH3 is 1. The van der Waals surface area contributed by atoms with Crippen LogP contribution in [0.4, 0.5) is 5.95 Å². The Bertz CT molecular complexity index is 914. The van der Waals surface area contributed by atoms with Crippen LogP contribution in [-0.2, 0) is 13.0 Å². The number of halogens is 1. The van der Waals surface area contributed by atoms with Gasteiger partial charge >= 0.3 is 0 Å². The van der Waals surface area contributed by atoms with Crippen molar-refractivity contribution in [2.45, 2.75) is 13.0 Å². The second-order valence-electron chi connectivity index (χ2n) is 6.13. The summed E-state index contributed by atoms with van der Waals surface area (Å²) in [6.07, 6.45) is 3.73. The van der Waals surface area contributed by atoms with E-state index < -0.39 is 0 Å². The molecule has 1 heterocycles. The summed E-state index contributed by atoms with van der Waals surface area (Å²) in [5, 5.41) is 6.68. The number of hydrogen-bond donors (Lipinski definition) is 2. The van der Waals surface area contributed by atoms with Crippen molar-refractivity contribution in [3.05, 3.63) is 82.6 Å². The summed E-state index contributed by atoms with van der Waals surface area (Å²) in [4.78, 5) is 20.6. The van der Waals surface area contributed by atoms with E-state index >= 15 is 0 Å². The first-order chi connectivity index (χ1) is 13.6. The molecular weight excluding hydrogens is 376 g/mol. The Morgan fingerprint density at radius 1 is 1.07 bits per heavy atom. The molecule has 0 fully saturated rings. The maximum atomic E-state index is 12.2. The molecule has 7 heteroatoms. The topological polar surface area (TPSA) is 76.1 Å². The van der Waals surface area contributed by atoms with Crippen LogP contribution in [0, 0.1) is 0 Å². The molecule has 0 aliphatic heterocycles. The van der Waals surface area contributed by atoms with Crippen LogP contribution in [0.3, 0.4) is 0 Å². The van der Waals surface area contributed by atoms with E-state index in [1.165, 1.54) is 12.4 Å². The van der Waals surface area contributed by atoms with Crippen molar-refractivity contribution in [2.24, 2.45) is 0 Å². The zero-order valence-corrected chi connectivity index (χ0v) is 16.2. The van der Waals surface area contributed by atoms with E-state index in [9.17, 15) is 4.79 Å². The highest BCUT2D eigenvalue weighted by molar-refractivity contribution is 6.30. The fourth-order valence-electron chi connectivity index (χ4n) is 2.58. The van der Waals surface area contributed by atoms with Crippen molar-refractivity contribution in [3.63, 3.8) is 0 Å². The molecule has 1 amide bonds. The molecule has 0 spiro atoms. The van der Waals surface area contributed by atoms with E-state index in [4.69, 9.17) is 16.3 Å². The number of rotatable bonds is 8. The molecule has 144 valence electrons. The van der Waals surface area contributed by atoms with Gasteiger partial charge in [0.1, 0.15) is 5.75 Å². The number of ether oxygens (including phenoxy) is 1. The molecule has 0 radical (unpaired) electrons. The van der Waals surface area contributed by atoms with Crippen molar-refractivity contribution in [1.82, 2.24) is 15.3 Å². The lowest BCUT2D eigenvalue weighted by Gasteiger charge is -2.08. The Morgan fingerprint density at radius 2 is 1.82 bits per heavy atom. The van der Waals surface area contributed by atoms with Gasteiger partial charge in [0.25, 0.3) is 5.91 Å². The third kappa shape index (κ3) is 5.69. The predicted octanol–water partition coefficient (Wildman–Crippen LogP) is 3.72. The lowest BCUT2D eigenvalue weighted by Crippen LogP contribution is -2.26. The first-order valence-corrected chi connectivity index (χ1v) is 9.23. The minimum absolute atomic E-state index is 0.205. The number of nitrogens with one attached hydrogen (secondary N) is 2. The van der Waals surface area contributed by atoms with Crippen molar-refractivity contribution >= 4 is 23.5 Å². The van der Waals surface area contributed by atoms with Crippen LogP contribution in [0.1, 0.15) is 21.5 Å². The summed E-state index contributed by atoms with van der Waals surface area (Å²) in [6.45, 7) is 1.09. The van der Waals surface area contributed by atoms with Gasteiger partial charge < -0.3 is 15.4 Å². The number of carbonyl (C=O) groups excluding carboxylic acids is 1. The maximum Gasteiger partial charge on any atom is 0.254 e. The molecule has 2 aromatic carbocycles. The number of benzene rings is 2. The quantitative estimate of drug-likeness (QED) is 0.606. The fourth-order valence-corrected chi connectivity index (χ4v) is 2.79. The Labute approximate surface area is 168 Å². The lowest BCUT2D eigenvalue weighted by atomic mass is 10.1. The Hall–Kier alpha value is -3.12. The number of anilines is 1. The van der Waals surface area contributed by atoms with Gasteiger partial charge in [-0.1, -0.05) is 35.9 Å². The second kappa shape index (κ2) is 9.71. The Kier molecular flexibility index (Phi) is 6.81. The van der Waals surface area contributed by atoms with Gasteiger partial charge in [-0.3, -0.25) is 4.79 Å². The zero-order chi connectivity index (χ0) is 19.8. The highest BCUT2D eigenvalue weighted by Gasteiger charge is 2.07. The van der Waals surface area contributed by atoms with E-state index in [1.807, 2.05) is 48.5 Å². The number of amides is 1. The van der Waals surface area contributed by atoms with Crippen LogP contribution >= 0.6 is 11.6 Å². The highest BCUT2D eigenvalue weighted by atomic mass is 35.5. The molecule has 0 bridgehead atoms. The van der Waals surface area contributed by atoms with Crippen LogP contribution in [-0.4, -0.2) is 29.5 Å². The SMILES string of the molecule is COc1ccc(CNc2ncc(C(=O)NCCc3cccc(Cl)c3)cn2)cc1. The van der Waals surface area contributed by atoms with Crippen LogP contribution in [0.15, 0.2) is 60.9 Å². The molecule has 3 aromatic rings. The molecular formula is C21H21ClN4O2. The van der Waals surface area contributed by atoms with Gasteiger partial charge in [0.05, 0.1) is 12.7 Å². The molecule has 0 saturated carbocycles. The third-order valence-corrected chi connectivity index (χ3v) is 4.35. The summed E-state index contributed by atoms with van der Waals surface area (Å²) in [7, 11) is 1.64. The molecule has 1 aromatic heterocycles. The standard InChI is InChI=1S/C21H21ClN4O2/c1-28-19-7-5-16(6-8-19)12-24-21-25-13-17(14-26-21)20(27)23-10-9-15-3-2-4-18(22)11-15/h2-8,11,13-14H,9-10,12H2,1H3,(H,23,27)(H,24,25,26). The van der Waals surface area contributed by atoms with Crippen molar-refractivity contribution in [2.75, 3.05) is 19.0 Å². The van der Waals surface area contributed by atoms with E-state index in [0.717, 1.165) is 16.9 Å². The largest absolute Gasteiger partial charge is 0.497 e. The van der Waals surface area contributed by atoms with Gasteiger partial charge in [0.2, 0.25) is 5.95 Å². The average Bonchev–Trinajstić information content (AvgIpc) is 2.73. The monoisotopic (exact) mass is 396 g/mol. The number of carbonyl (C=O) groups is 1. The highest BCUT2D eigenvalue weighted by Crippen LogP contribution is 2.12. The average molecular weight is 397 g/mol. The lowest BCUT2D eigenvalue weighted by molar-refractivity contribution is 0.0953. The molecule has 0 atom stereocenters. The molecule has 6 nitrogen and oxygen atoms in total. The van der Waals surface area contributed by atoms with E-state index in [1.54, 1.807) is 7.11 Å². The molecule has 28 heavy (non-hydrogen) atoms. The summed E-state index contributed by atoms with van der Waals surface area (Å²) < 4.78 is 5.14. The number of nitrogens with zero attached hydrogens (tertiary/aromatic N) is 2. The third-order valence-electron chi connectivity index (χ3n) is 4.11. The number of hydrogen-bond acceptors (Lipinski definition) is 5. The minimum Gasteiger partial charge on any atom is -0.497 e. The first kappa shape index (κ1) is 19.6. The minimum atomic E-state index is -0.205. The molecule has 3 rings (SSSR count).